The second-order valence-corrected chi connectivity index (χ2v) is 7.23. The second kappa shape index (κ2) is 7.19. The van der Waals surface area contributed by atoms with E-state index in [1.807, 2.05) is 12.1 Å². The average Bonchev–Trinajstić information content (AvgIpc) is 3.09. The highest BCUT2D eigenvalue weighted by Crippen LogP contribution is 2.26. The minimum Gasteiger partial charge on any atom is -0.374 e. The molecule has 0 bridgehead atoms. The van der Waals surface area contributed by atoms with Crippen molar-refractivity contribution < 1.29 is 0 Å². The Bertz CT molecular complexity index is 1070. The lowest BCUT2D eigenvalue weighted by molar-refractivity contribution is 0.320. The van der Waals surface area contributed by atoms with Gasteiger partial charge in [-0.15, -0.1) is 5.10 Å². The lowest BCUT2D eigenvalue weighted by atomic mass is 10.0. The van der Waals surface area contributed by atoms with Gasteiger partial charge in [0, 0.05) is 30.6 Å². The van der Waals surface area contributed by atoms with Gasteiger partial charge in [0.05, 0.1) is 10.5 Å². The topological polar surface area (TPSA) is 72.3 Å². The molecule has 2 aromatic heterocycles. The number of rotatable bonds is 4. The van der Waals surface area contributed by atoms with Gasteiger partial charge in [0.25, 0.3) is 0 Å². The third-order valence-electron chi connectivity index (χ3n) is 5.11. The summed E-state index contributed by atoms with van der Waals surface area (Å²) in [4.78, 5) is 11.5. The Hall–Kier alpha value is -2.60. The molecule has 0 saturated carbocycles. The van der Waals surface area contributed by atoms with E-state index >= 15 is 0 Å². The quantitative estimate of drug-likeness (QED) is 0.738. The fraction of sp³-hybridized carbons (Fsp3) is 0.350. The van der Waals surface area contributed by atoms with Crippen molar-refractivity contribution in [3.8, 4) is 0 Å². The molecule has 0 spiro atoms. The highest BCUT2D eigenvalue weighted by molar-refractivity contribution is 6.35. The summed E-state index contributed by atoms with van der Waals surface area (Å²) in [5, 5.41) is 6.00. The van der Waals surface area contributed by atoms with Crippen molar-refractivity contribution in [2.75, 3.05) is 18.8 Å². The fourth-order valence-electron chi connectivity index (χ4n) is 3.70. The van der Waals surface area contributed by atoms with Crippen molar-refractivity contribution in [3.05, 3.63) is 52.5 Å². The summed E-state index contributed by atoms with van der Waals surface area (Å²) >= 11 is 6.26. The predicted molar refractivity (Wildman–Crippen MR) is 110 cm³/mol. The van der Waals surface area contributed by atoms with Crippen LogP contribution in [0, 0.1) is 0 Å². The number of benzene rings is 1. The van der Waals surface area contributed by atoms with E-state index in [0.717, 1.165) is 37.1 Å². The van der Waals surface area contributed by atoms with Gasteiger partial charge < -0.3 is 10.6 Å². The summed E-state index contributed by atoms with van der Waals surface area (Å²) in [5.74, 6) is 1.07. The fourth-order valence-corrected chi connectivity index (χ4v) is 3.91. The summed E-state index contributed by atoms with van der Waals surface area (Å²) in [6.07, 6.45) is 7.40. The van der Waals surface area contributed by atoms with Gasteiger partial charge in [-0.05, 0) is 44.4 Å². The molecule has 0 atom stereocenters. The highest BCUT2D eigenvalue weighted by Gasteiger charge is 2.17. The molecule has 140 valence electrons. The predicted octanol–water partition coefficient (Wildman–Crippen LogP) is 4.00. The number of nitrogens with two attached hydrogens (primary N) is 1. The van der Waals surface area contributed by atoms with E-state index in [1.54, 1.807) is 10.6 Å². The summed E-state index contributed by atoms with van der Waals surface area (Å²) < 4.78 is 1.61. The molecule has 0 unspecified atom stereocenters. The Morgan fingerprint density at radius 1 is 1.30 bits per heavy atom. The minimum atomic E-state index is 0.300. The smallest absolute Gasteiger partial charge is 0.223 e. The molecule has 0 fully saturated rings. The van der Waals surface area contributed by atoms with Gasteiger partial charge in [-0.2, -0.15) is 4.52 Å². The monoisotopic (exact) mass is 382 g/mol. The lowest BCUT2D eigenvalue weighted by Gasteiger charge is -2.31. The first kappa shape index (κ1) is 17.8. The number of aromatic nitrogens is 4. The van der Waals surface area contributed by atoms with Crippen LogP contribution in [0.5, 0.6) is 0 Å². The first-order valence-electron chi connectivity index (χ1n) is 9.25. The molecule has 1 aliphatic heterocycles. The lowest BCUT2D eigenvalue weighted by Crippen LogP contribution is -2.29. The van der Waals surface area contributed by atoms with Gasteiger partial charge in [-0.1, -0.05) is 29.8 Å². The van der Waals surface area contributed by atoms with Gasteiger partial charge in [0.2, 0.25) is 5.95 Å². The number of para-hydroxylation sites is 1. The standard InChI is InChI=1S/C20H23ClN6/c1-3-6-14-7-5-11-26(13(14)2)12-10-17-23-19-15-8-4-9-16(21)18(15)24-20(22)27(19)25-17/h3-4,6,8-9H,5,7,10-12H2,1-2H3,(H2,22,24). The molecule has 1 aromatic carbocycles. The van der Waals surface area contributed by atoms with Crippen molar-refractivity contribution >= 4 is 34.1 Å². The van der Waals surface area contributed by atoms with Crippen LogP contribution in [0.4, 0.5) is 5.95 Å². The molecule has 4 rings (SSSR count). The van der Waals surface area contributed by atoms with E-state index in [4.69, 9.17) is 22.3 Å². The Morgan fingerprint density at radius 3 is 2.96 bits per heavy atom. The molecule has 1 aliphatic rings. The molecular weight excluding hydrogens is 360 g/mol. The van der Waals surface area contributed by atoms with Gasteiger partial charge in [0.1, 0.15) is 0 Å². The number of hydrogen-bond donors (Lipinski definition) is 1. The van der Waals surface area contributed by atoms with Crippen LogP contribution >= 0.6 is 11.6 Å². The zero-order valence-electron chi connectivity index (χ0n) is 15.6. The molecular formula is C20H23ClN6. The second-order valence-electron chi connectivity index (χ2n) is 6.82. The molecule has 3 aromatic rings. The van der Waals surface area contributed by atoms with Crippen LogP contribution in [0.3, 0.4) is 0 Å². The first-order valence-corrected chi connectivity index (χ1v) is 9.63. The SMILES string of the molecule is CC=CC1=C(C)N(CCc2nc3c4cccc(Cl)c4nc(N)n3n2)CCC1. The van der Waals surface area contributed by atoms with Crippen LogP contribution in [0.1, 0.15) is 32.5 Å². The third kappa shape index (κ3) is 3.25. The average molecular weight is 383 g/mol. The van der Waals surface area contributed by atoms with Crippen LogP contribution in [-0.2, 0) is 6.42 Å². The van der Waals surface area contributed by atoms with Crippen LogP contribution in [0.15, 0.2) is 41.6 Å². The summed E-state index contributed by atoms with van der Waals surface area (Å²) in [5.41, 5.74) is 10.2. The van der Waals surface area contributed by atoms with Crippen molar-refractivity contribution in [2.24, 2.45) is 0 Å². The van der Waals surface area contributed by atoms with E-state index < -0.39 is 0 Å². The largest absolute Gasteiger partial charge is 0.374 e. The van der Waals surface area contributed by atoms with E-state index in [-0.39, 0.29) is 0 Å². The Balaban J connectivity index is 1.64. The van der Waals surface area contributed by atoms with Crippen LogP contribution in [-0.4, -0.2) is 37.6 Å². The zero-order valence-corrected chi connectivity index (χ0v) is 16.4. The van der Waals surface area contributed by atoms with E-state index in [9.17, 15) is 0 Å². The maximum atomic E-state index is 6.26. The number of allylic oxidation sites excluding steroid dienone is 4. The maximum absolute atomic E-state index is 6.26. The number of hydrogen-bond acceptors (Lipinski definition) is 5. The van der Waals surface area contributed by atoms with Crippen molar-refractivity contribution in [1.82, 2.24) is 24.5 Å². The number of fused-ring (bicyclic) bond motifs is 3. The van der Waals surface area contributed by atoms with Crippen LogP contribution in [0.2, 0.25) is 5.02 Å². The summed E-state index contributed by atoms with van der Waals surface area (Å²) in [7, 11) is 0. The number of nitrogens with zero attached hydrogens (tertiary/aromatic N) is 5. The van der Waals surface area contributed by atoms with E-state index in [2.05, 4.69) is 41.0 Å². The van der Waals surface area contributed by atoms with E-state index in [0.29, 0.717) is 22.1 Å². The van der Waals surface area contributed by atoms with Crippen molar-refractivity contribution in [2.45, 2.75) is 33.1 Å². The highest BCUT2D eigenvalue weighted by atomic mass is 35.5. The summed E-state index contributed by atoms with van der Waals surface area (Å²) in [6, 6.07) is 5.64. The zero-order chi connectivity index (χ0) is 19.0. The van der Waals surface area contributed by atoms with Gasteiger partial charge >= 0.3 is 0 Å². The number of halogens is 1. The van der Waals surface area contributed by atoms with Gasteiger partial charge in [-0.3, -0.25) is 0 Å². The molecule has 6 nitrogen and oxygen atoms in total. The summed E-state index contributed by atoms with van der Waals surface area (Å²) in [6.45, 7) is 6.22. The molecule has 27 heavy (non-hydrogen) atoms. The van der Waals surface area contributed by atoms with E-state index in [1.165, 1.54) is 17.7 Å². The third-order valence-corrected chi connectivity index (χ3v) is 5.41. The molecule has 2 N–H and O–H groups in total. The molecule has 3 heterocycles. The van der Waals surface area contributed by atoms with Crippen LogP contribution < -0.4 is 5.73 Å². The van der Waals surface area contributed by atoms with Crippen LogP contribution in [0.25, 0.3) is 16.6 Å². The normalized spacial score (nSPS) is 15.6. The minimum absolute atomic E-state index is 0.300. The number of nitrogen functional groups attached to an aromatic ring is 1. The Labute approximate surface area is 163 Å². The molecule has 0 saturated heterocycles. The Morgan fingerprint density at radius 2 is 2.15 bits per heavy atom. The molecule has 0 radical (unpaired) electrons. The first-order chi connectivity index (χ1) is 13.1. The van der Waals surface area contributed by atoms with Crippen molar-refractivity contribution in [1.29, 1.82) is 0 Å². The molecule has 0 amide bonds. The molecule has 7 heteroatoms. The Kier molecular flexibility index (Phi) is 4.74. The maximum Gasteiger partial charge on any atom is 0.223 e. The van der Waals surface area contributed by atoms with Crippen molar-refractivity contribution in [3.63, 3.8) is 0 Å². The molecule has 0 aliphatic carbocycles. The van der Waals surface area contributed by atoms with Gasteiger partial charge in [-0.25, -0.2) is 9.97 Å². The number of anilines is 1. The van der Waals surface area contributed by atoms with Gasteiger partial charge in [0.15, 0.2) is 11.5 Å².